The Balaban J connectivity index is 2.44. The van der Waals surface area contributed by atoms with Crippen LogP contribution in [0.4, 0.5) is 0 Å². The van der Waals surface area contributed by atoms with Crippen molar-refractivity contribution in [2.75, 3.05) is 0 Å². The first-order valence-electron chi connectivity index (χ1n) is 4.93. The smallest absolute Gasteiger partial charge is 0.0994 e. The largest absolute Gasteiger partial charge is 0.393 e. The molecular formula is C11H10ClNO. The molecule has 0 amide bonds. The van der Waals surface area contributed by atoms with Crippen LogP contribution in [0.25, 0.3) is 0 Å². The van der Waals surface area contributed by atoms with Gasteiger partial charge < -0.3 is 5.11 Å². The lowest BCUT2D eigenvalue weighted by Gasteiger charge is -2.32. The summed E-state index contributed by atoms with van der Waals surface area (Å²) in [4.78, 5) is 0. The van der Waals surface area contributed by atoms with E-state index in [4.69, 9.17) is 18.2 Å². The molecule has 1 fully saturated rings. The molecule has 1 aromatic rings. The van der Waals surface area contributed by atoms with Gasteiger partial charge in [-0.05, 0) is 42.5 Å². The van der Waals surface area contributed by atoms with E-state index < -0.39 is 12.0 Å². The van der Waals surface area contributed by atoms with Crippen molar-refractivity contribution >= 4 is 11.6 Å². The molecule has 72 valence electrons. The van der Waals surface area contributed by atoms with Gasteiger partial charge in [0.05, 0.1) is 17.7 Å². The maximum absolute atomic E-state index is 9.24. The van der Waals surface area contributed by atoms with Crippen molar-refractivity contribution in [3.63, 3.8) is 0 Å². The quantitative estimate of drug-likeness (QED) is 0.771. The van der Waals surface area contributed by atoms with Gasteiger partial charge >= 0.3 is 0 Å². The van der Waals surface area contributed by atoms with Crippen LogP contribution in [0.5, 0.6) is 0 Å². The second-order valence-corrected chi connectivity index (χ2v) is 3.90. The lowest BCUT2D eigenvalue weighted by Crippen LogP contribution is -2.26. The summed E-state index contributed by atoms with van der Waals surface area (Å²) in [5.41, 5.74) is 1.10. The van der Waals surface area contributed by atoms with Crippen LogP contribution in [-0.2, 0) is 0 Å². The summed E-state index contributed by atoms with van der Waals surface area (Å²) in [5, 5.41) is 18.7. The first-order chi connectivity index (χ1) is 7.05. The average molecular weight is 209 g/mol. The molecule has 3 heteroatoms. The van der Waals surface area contributed by atoms with E-state index in [1.165, 1.54) is 0 Å². The standard InChI is InChI=1S/C11H10ClNO/c12-9-2-1-7(6-13)11(5-9)8-3-10(14)4-8/h1-2,5,8,10,14H,3-4H2/t8-,10-/i8D. The number of rotatable bonds is 1. The van der Waals surface area contributed by atoms with Gasteiger partial charge in [0.1, 0.15) is 0 Å². The van der Waals surface area contributed by atoms with E-state index in [-0.39, 0.29) is 0 Å². The second kappa shape index (κ2) is 3.61. The minimum Gasteiger partial charge on any atom is -0.393 e. The first-order valence-corrected chi connectivity index (χ1v) is 4.81. The van der Waals surface area contributed by atoms with E-state index in [1.54, 1.807) is 18.2 Å². The maximum atomic E-state index is 9.24. The fourth-order valence-electron chi connectivity index (χ4n) is 1.64. The summed E-state index contributed by atoms with van der Waals surface area (Å²) in [6.07, 6.45) is 0.331. The summed E-state index contributed by atoms with van der Waals surface area (Å²) >= 11 is 5.84. The fraction of sp³-hybridized carbons (Fsp3) is 0.364. The summed E-state index contributed by atoms with van der Waals surface area (Å²) < 4.78 is 8.10. The Labute approximate surface area is 89.1 Å². The van der Waals surface area contributed by atoms with Gasteiger partial charge in [-0.15, -0.1) is 0 Å². The van der Waals surface area contributed by atoms with Crippen LogP contribution in [0.3, 0.4) is 0 Å². The molecule has 0 aromatic heterocycles. The van der Waals surface area contributed by atoms with Gasteiger partial charge in [0.15, 0.2) is 0 Å². The highest BCUT2D eigenvalue weighted by molar-refractivity contribution is 6.30. The Morgan fingerprint density at radius 3 is 2.86 bits per heavy atom. The van der Waals surface area contributed by atoms with E-state index in [0.717, 1.165) is 0 Å². The van der Waals surface area contributed by atoms with Gasteiger partial charge in [0.2, 0.25) is 0 Å². The molecule has 1 aliphatic carbocycles. The normalized spacial score (nSPS) is 31.5. The molecule has 0 saturated heterocycles. The molecule has 0 heterocycles. The lowest BCUT2D eigenvalue weighted by molar-refractivity contribution is 0.0746. The van der Waals surface area contributed by atoms with Crippen molar-refractivity contribution in [2.45, 2.75) is 24.8 Å². The molecule has 0 unspecified atom stereocenters. The molecule has 0 atom stereocenters. The summed E-state index contributed by atoms with van der Waals surface area (Å²) in [7, 11) is 0. The number of nitriles is 1. The van der Waals surface area contributed by atoms with Crippen molar-refractivity contribution in [1.29, 1.82) is 5.26 Å². The van der Waals surface area contributed by atoms with Crippen LogP contribution in [0.15, 0.2) is 18.2 Å². The number of benzene rings is 1. The second-order valence-electron chi connectivity index (χ2n) is 3.47. The highest BCUT2D eigenvalue weighted by atomic mass is 35.5. The molecule has 1 saturated carbocycles. The topological polar surface area (TPSA) is 44.0 Å². The zero-order valence-corrected chi connectivity index (χ0v) is 8.25. The third-order valence-corrected chi connectivity index (χ3v) is 2.68. The predicted molar refractivity (Wildman–Crippen MR) is 54.1 cm³/mol. The molecular weight excluding hydrogens is 198 g/mol. The van der Waals surface area contributed by atoms with Crippen molar-refractivity contribution in [3.8, 4) is 6.07 Å². The number of aliphatic hydroxyl groups excluding tert-OH is 1. The van der Waals surface area contributed by atoms with E-state index in [1.807, 2.05) is 0 Å². The van der Waals surface area contributed by atoms with Gasteiger partial charge in [0, 0.05) is 6.39 Å². The summed E-state index contributed by atoms with van der Waals surface area (Å²) in [6.45, 7) is 0. The fourth-order valence-corrected chi connectivity index (χ4v) is 1.81. The van der Waals surface area contributed by atoms with Crippen molar-refractivity contribution < 1.29 is 6.48 Å². The molecule has 0 bridgehead atoms. The Bertz CT molecular complexity index is 435. The Hall–Kier alpha value is -1.04. The minimum atomic E-state index is -0.838. The van der Waals surface area contributed by atoms with E-state index in [0.29, 0.717) is 29.0 Å². The minimum absolute atomic E-state index is 0.377. The van der Waals surface area contributed by atoms with E-state index in [9.17, 15) is 5.11 Å². The van der Waals surface area contributed by atoms with Crippen molar-refractivity contribution in [2.24, 2.45) is 0 Å². The monoisotopic (exact) mass is 208 g/mol. The van der Waals surface area contributed by atoms with Gasteiger partial charge in [-0.2, -0.15) is 5.26 Å². The van der Waals surface area contributed by atoms with Crippen molar-refractivity contribution in [3.05, 3.63) is 34.3 Å². The maximum Gasteiger partial charge on any atom is 0.0994 e. The van der Waals surface area contributed by atoms with Crippen molar-refractivity contribution in [1.82, 2.24) is 0 Å². The number of aliphatic hydroxyl groups is 1. The Morgan fingerprint density at radius 1 is 1.57 bits per heavy atom. The first kappa shape index (κ1) is 8.28. The molecule has 0 spiro atoms. The highest BCUT2D eigenvalue weighted by Crippen LogP contribution is 2.39. The molecule has 1 N–H and O–H groups in total. The number of halogens is 1. The molecule has 2 rings (SSSR count). The molecule has 1 aromatic carbocycles. The highest BCUT2D eigenvalue weighted by Gasteiger charge is 2.30. The van der Waals surface area contributed by atoms with Gasteiger partial charge in [-0.25, -0.2) is 0 Å². The summed E-state index contributed by atoms with van der Waals surface area (Å²) in [5.74, 6) is -0.838. The van der Waals surface area contributed by atoms with Crippen LogP contribution in [0.2, 0.25) is 5.02 Å². The SMILES string of the molecule is [2H][C@]1(c2cc(Cl)ccc2C#N)C[C@H](O)C1. The van der Waals surface area contributed by atoms with E-state index >= 15 is 0 Å². The van der Waals surface area contributed by atoms with Gasteiger partial charge in [-0.3, -0.25) is 0 Å². The zero-order chi connectivity index (χ0) is 11.1. The van der Waals surface area contributed by atoms with Crippen LogP contribution in [0, 0.1) is 11.3 Å². The lowest BCUT2D eigenvalue weighted by atomic mass is 9.76. The molecule has 1 aliphatic rings. The van der Waals surface area contributed by atoms with Crippen LogP contribution in [0.1, 0.15) is 31.2 Å². The third kappa shape index (κ3) is 1.61. The summed E-state index contributed by atoms with van der Waals surface area (Å²) in [6, 6.07) is 6.97. The third-order valence-electron chi connectivity index (χ3n) is 2.45. The van der Waals surface area contributed by atoms with Crippen LogP contribution >= 0.6 is 11.6 Å². The molecule has 14 heavy (non-hydrogen) atoms. The van der Waals surface area contributed by atoms with Gasteiger partial charge in [-0.1, -0.05) is 11.6 Å². The van der Waals surface area contributed by atoms with E-state index in [2.05, 4.69) is 6.07 Å². The predicted octanol–water partition coefficient (Wildman–Crippen LogP) is 2.45. The van der Waals surface area contributed by atoms with Crippen LogP contribution in [-0.4, -0.2) is 11.2 Å². The Kier molecular flexibility index (Phi) is 2.13. The Morgan fingerprint density at radius 2 is 2.29 bits per heavy atom. The van der Waals surface area contributed by atoms with Crippen LogP contribution < -0.4 is 0 Å². The molecule has 0 radical (unpaired) electrons. The average Bonchev–Trinajstić information content (AvgIpc) is 2.15. The number of hydrogen-bond acceptors (Lipinski definition) is 2. The number of nitrogens with zero attached hydrogens (tertiary/aromatic N) is 1. The number of hydrogen-bond donors (Lipinski definition) is 1. The van der Waals surface area contributed by atoms with Gasteiger partial charge in [0.25, 0.3) is 0 Å². The zero-order valence-electron chi connectivity index (χ0n) is 8.50. The molecule has 0 aliphatic heterocycles. The molecule has 2 nitrogen and oxygen atoms in total.